The number of rotatable bonds is 8. The molecular weight excluding hydrogens is 276 g/mol. The van der Waals surface area contributed by atoms with Crippen molar-refractivity contribution >= 4 is 11.8 Å². The Morgan fingerprint density at radius 2 is 1.62 bits per heavy atom. The smallest absolute Gasteiger partial charge is 0.251 e. The highest BCUT2D eigenvalue weighted by atomic mass is 16.5. The van der Waals surface area contributed by atoms with E-state index in [1.165, 1.54) is 14.2 Å². The standard InChI is InChI=1S/C14H20N2O5/c1-19-5-4-15-13(17)9-16-14(18)10-6-11(20-2)8-12(7-10)21-3/h6-8H,4-5,9H2,1-3H3,(H,15,17)(H,16,18). The molecule has 1 aromatic rings. The predicted molar refractivity (Wildman–Crippen MR) is 76.8 cm³/mol. The number of hydrogen-bond donors (Lipinski definition) is 2. The van der Waals surface area contributed by atoms with Gasteiger partial charge in [-0.05, 0) is 12.1 Å². The van der Waals surface area contributed by atoms with E-state index in [0.717, 1.165) is 0 Å². The molecule has 0 heterocycles. The van der Waals surface area contributed by atoms with E-state index in [1.54, 1.807) is 25.3 Å². The van der Waals surface area contributed by atoms with Crippen LogP contribution in [0.3, 0.4) is 0 Å². The summed E-state index contributed by atoms with van der Waals surface area (Å²) in [5, 5.41) is 5.13. The lowest BCUT2D eigenvalue weighted by molar-refractivity contribution is -0.120. The van der Waals surface area contributed by atoms with Crippen LogP contribution in [0.1, 0.15) is 10.4 Å². The van der Waals surface area contributed by atoms with Crippen LogP contribution in [0, 0.1) is 0 Å². The van der Waals surface area contributed by atoms with Gasteiger partial charge in [0.1, 0.15) is 11.5 Å². The van der Waals surface area contributed by atoms with Crippen molar-refractivity contribution in [3.63, 3.8) is 0 Å². The summed E-state index contributed by atoms with van der Waals surface area (Å²) in [6.07, 6.45) is 0. The maximum absolute atomic E-state index is 12.0. The minimum absolute atomic E-state index is 0.109. The quantitative estimate of drug-likeness (QED) is 0.669. The fraction of sp³-hybridized carbons (Fsp3) is 0.429. The Bertz CT molecular complexity index is 468. The molecule has 0 aromatic heterocycles. The molecule has 0 atom stereocenters. The van der Waals surface area contributed by atoms with Gasteiger partial charge in [0.05, 0.1) is 27.4 Å². The third-order valence-corrected chi connectivity index (χ3v) is 2.65. The lowest BCUT2D eigenvalue weighted by Gasteiger charge is -2.09. The van der Waals surface area contributed by atoms with E-state index in [0.29, 0.717) is 30.2 Å². The zero-order chi connectivity index (χ0) is 15.7. The molecule has 7 nitrogen and oxygen atoms in total. The van der Waals surface area contributed by atoms with E-state index in [4.69, 9.17) is 14.2 Å². The van der Waals surface area contributed by atoms with Crippen molar-refractivity contribution in [2.45, 2.75) is 0 Å². The van der Waals surface area contributed by atoms with Crippen LogP contribution >= 0.6 is 0 Å². The number of nitrogens with one attached hydrogen (secondary N) is 2. The van der Waals surface area contributed by atoms with E-state index in [2.05, 4.69) is 10.6 Å². The van der Waals surface area contributed by atoms with E-state index >= 15 is 0 Å². The maximum atomic E-state index is 12.0. The van der Waals surface area contributed by atoms with Crippen molar-refractivity contribution in [3.05, 3.63) is 23.8 Å². The first kappa shape index (κ1) is 16.8. The van der Waals surface area contributed by atoms with E-state index in [9.17, 15) is 9.59 Å². The normalized spacial score (nSPS) is 9.86. The zero-order valence-electron chi connectivity index (χ0n) is 12.4. The monoisotopic (exact) mass is 296 g/mol. The van der Waals surface area contributed by atoms with Gasteiger partial charge in [0.15, 0.2) is 0 Å². The third-order valence-electron chi connectivity index (χ3n) is 2.65. The Labute approximate surface area is 123 Å². The maximum Gasteiger partial charge on any atom is 0.251 e. The molecule has 7 heteroatoms. The van der Waals surface area contributed by atoms with Crippen LogP contribution in [-0.4, -0.2) is 52.8 Å². The number of amides is 2. The second-order valence-electron chi connectivity index (χ2n) is 4.13. The van der Waals surface area contributed by atoms with Crippen LogP contribution in [0.15, 0.2) is 18.2 Å². The fourth-order valence-electron chi connectivity index (χ4n) is 1.56. The molecule has 21 heavy (non-hydrogen) atoms. The summed E-state index contributed by atoms with van der Waals surface area (Å²) in [6, 6.07) is 4.80. The SMILES string of the molecule is COCCNC(=O)CNC(=O)c1cc(OC)cc(OC)c1. The molecule has 0 aliphatic heterocycles. The average molecular weight is 296 g/mol. The van der Waals surface area contributed by atoms with Gasteiger partial charge < -0.3 is 24.8 Å². The van der Waals surface area contributed by atoms with Gasteiger partial charge in [-0.3, -0.25) is 9.59 Å². The molecule has 0 spiro atoms. The van der Waals surface area contributed by atoms with E-state index < -0.39 is 0 Å². The Morgan fingerprint density at radius 3 is 2.14 bits per heavy atom. The average Bonchev–Trinajstić information content (AvgIpc) is 2.52. The number of carbonyl (C=O) groups excluding carboxylic acids is 2. The van der Waals surface area contributed by atoms with E-state index in [-0.39, 0.29) is 18.4 Å². The summed E-state index contributed by atoms with van der Waals surface area (Å²) in [6.45, 7) is 0.715. The second-order valence-corrected chi connectivity index (χ2v) is 4.13. The second kappa shape index (κ2) is 8.80. The van der Waals surface area contributed by atoms with Crippen molar-refractivity contribution < 1.29 is 23.8 Å². The molecule has 0 fully saturated rings. The van der Waals surface area contributed by atoms with Gasteiger partial charge >= 0.3 is 0 Å². The number of ether oxygens (including phenoxy) is 3. The van der Waals surface area contributed by atoms with Crippen molar-refractivity contribution in [3.8, 4) is 11.5 Å². The molecule has 2 N–H and O–H groups in total. The lowest BCUT2D eigenvalue weighted by atomic mass is 10.2. The van der Waals surface area contributed by atoms with Crippen molar-refractivity contribution in [1.29, 1.82) is 0 Å². The summed E-state index contributed by atoms with van der Waals surface area (Å²) >= 11 is 0. The highest BCUT2D eigenvalue weighted by molar-refractivity contribution is 5.97. The molecule has 0 unspecified atom stereocenters. The van der Waals surface area contributed by atoms with Crippen molar-refractivity contribution in [1.82, 2.24) is 10.6 Å². The molecule has 0 bridgehead atoms. The Hall–Kier alpha value is -2.28. The molecule has 0 radical (unpaired) electrons. The first-order valence-corrected chi connectivity index (χ1v) is 6.37. The van der Waals surface area contributed by atoms with Gasteiger partial charge in [0.2, 0.25) is 5.91 Å². The molecule has 2 amide bonds. The molecule has 1 rings (SSSR count). The van der Waals surface area contributed by atoms with Crippen LogP contribution in [0.25, 0.3) is 0 Å². The molecule has 0 aliphatic rings. The van der Waals surface area contributed by atoms with Gasteiger partial charge in [-0.2, -0.15) is 0 Å². The van der Waals surface area contributed by atoms with E-state index in [1.807, 2.05) is 0 Å². The van der Waals surface area contributed by atoms with Crippen molar-refractivity contribution in [2.75, 3.05) is 41.0 Å². The number of methoxy groups -OCH3 is 3. The molecular formula is C14H20N2O5. The zero-order valence-corrected chi connectivity index (χ0v) is 12.4. The van der Waals surface area contributed by atoms with Crippen LogP contribution in [-0.2, 0) is 9.53 Å². The first-order valence-electron chi connectivity index (χ1n) is 6.37. The summed E-state index contributed by atoms with van der Waals surface area (Å²) in [5.41, 5.74) is 0.357. The number of benzene rings is 1. The number of carbonyl (C=O) groups is 2. The van der Waals surface area contributed by atoms with Gasteiger partial charge in [-0.25, -0.2) is 0 Å². The molecule has 0 saturated carbocycles. The predicted octanol–water partition coefficient (Wildman–Crippen LogP) is 0.196. The number of hydrogen-bond acceptors (Lipinski definition) is 5. The molecule has 0 aliphatic carbocycles. The minimum Gasteiger partial charge on any atom is -0.497 e. The van der Waals surface area contributed by atoms with Crippen LogP contribution in [0.5, 0.6) is 11.5 Å². The summed E-state index contributed by atoms with van der Waals surface area (Å²) in [7, 11) is 4.55. The minimum atomic E-state index is -0.380. The fourth-order valence-corrected chi connectivity index (χ4v) is 1.56. The highest BCUT2D eigenvalue weighted by Crippen LogP contribution is 2.22. The first-order chi connectivity index (χ1) is 10.1. The Morgan fingerprint density at radius 1 is 1.00 bits per heavy atom. The summed E-state index contributed by atoms with van der Waals surface area (Å²) < 4.78 is 15.0. The Balaban J connectivity index is 2.57. The lowest BCUT2D eigenvalue weighted by Crippen LogP contribution is -2.38. The molecule has 1 aromatic carbocycles. The summed E-state index contributed by atoms with van der Waals surface area (Å²) in [5.74, 6) is 0.345. The van der Waals surface area contributed by atoms with Crippen LogP contribution in [0.2, 0.25) is 0 Å². The third kappa shape index (κ3) is 5.70. The van der Waals surface area contributed by atoms with Crippen LogP contribution < -0.4 is 20.1 Å². The molecule has 0 saturated heterocycles. The largest absolute Gasteiger partial charge is 0.497 e. The molecule has 116 valence electrons. The van der Waals surface area contributed by atoms with Gasteiger partial charge in [-0.15, -0.1) is 0 Å². The van der Waals surface area contributed by atoms with Crippen LogP contribution in [0.4, 0.5) is 0 Å². The van der Waals surface area contributed by atoms with Gasteiger partial charge in [0, 0.05) is 25.3 Å². The van der Waals surface area contributed by atoms with Gasteiger partial charge in [0.25, 0.3) is 5.91 Å². The topological polar surface area (TPSA) is 85.9 Å². The van der Waals surface area contributed by atoms with Gasteiger partial charge in [-0.1, -0.05) is 0 Å². The Kier molecular flexibility index (Phi) is 7.03. The summed E-state index contributed by atoms with van der Waals surface area (Å²) in [4.78, 5) is 23.5. The highest BCUT2D eigenvalue weighted by Gasteiger charge is 2.11. The van der Waals surface area contributed by atoms with Crippen molar-refractivity contribution in [2.24, 2.45) is 0 Å².